The predicted molar refractivity (Wildman–Crippen MR) is 277 cm³/mol. The highest BCUT2D eigenvalue weighted by molar-refractivity contribution is 6.08. The van der Waals surface area contributed by atoms with E-state index < -0.39 is 0 Å². The average Bonchev–Trinajstić information content (AvgIpc) is 3.38. The molecule has 0 aliphatic heterocycles. The summed E-state index contributed by atoms with van der Waals surface area (Å²) >= 11 is 0. The highest BCUT2D eigenvalue weighted by Crippen LogP contribution is 2.49. The fourth-order valence-corrected chi connectivity index (χ4v) is 9.43. The molecule has 0 N–H and O–H groups in total. The van der Waals surface area contributed by atoms with E-state index in [4.69, 9.17) is 0 Å². The van der Waals surface area contributed by atoms with E-state index in [0.717, 1.165) is 39.7 Å². The van der Waals surface area contributed by atoms with Crippen molar-refractivity contribution in [1.29, 1.82) is 0 Å². The number of rotatable bonds is 10. The Labute approximate surface area is 381 Å². The number of benzene rings is 11. The monoisotopic (exact) mass is 830 g/mol. The lowest BCUT2D eigenvalue weighted by Gasteiger charge is -2.30. The molecule has 0 saturated carbocycles. The molecule has 11 aromatic carbocycles. The van der Waals surface area contributed by atoms with Gasteiger partial charge in [0.1, 0.15) is 0 Å². The highest BCUT2D eigenvalue weighted by Gasteiger charge is 2.23. The predicted octanol–water partition coefficient (Wildman–Crippen LogP) is 17.9. The van der Waals surface area contributed by atoms with Gasteiger partial charge in [0.25, 0.3) is 0 Å². The van der Waals surface area contributed by atoms with Gasteiger partial charge in [0.15, 0.2) is 0 Å². The second kappa shape index (κ2) is 17.4. The van der Waals surface area contributed by atoms with Crippen LogP contribution in [-0.4, -0.2) is 0 Å². The van der Waals surface area contributed by atoms with Gasteiger partial charge in [0.05, 0.1) is 11.4 Å². The first-order valence-electron chi connectivity index (χ1n) is 22.3. The van der Waals surface area contributed by atoms with Gasteiger partial charge in [-0.3, -0.25) is 0 Å². The summed E-state index contributed by atoms with van der Waals surface area (Å²) in [5.41, 5.74) is 17.3. The molecule has 2 heteroatoms. The lowest BCUT2D eigenvalue weighted by Crippen LogP contribution is -2.12. The van der Waals surface area contributed by atoms with Crippen molar-refractivity contribution in [3.8, 4) is 44.5 Å². The summed E-state index contributed by atoms with van der Waals surface area (Å²) in [6.07, 6.45) is 0. The molecule has 0 aromatic heterocycles. The number of nitrogens with zero attached hydrogens (tertiary/aromatic N) is 2. The van der Waals surface area contributed by atoms with Gasteiger partial charge in [-0.1, -0.05) is 218 Å². The Morgan fingerprint density at radius 1 is 0.246 bits per heavy atom. The van der Waals surface area contributed by atoms with Crippen LogP contribution in [0.15, 0.2) is 261 Å². The zero-order chi connectivity index (χ0) is 43.5. The maximum absolute atomic E-state index is 2.45. The topological polar surface area (TPSA) is 6.48 Å². The third-order valence-corrected chi connectivity index (χ3v) is 12.5. The molecule has 0 spiro atoms. The number of fused-ring (bicyclic) bond motifs is 2. The summed E-state index contributed by atoms with van der Waals surface area (Å²) in [5, 5.41) is 4.79. The van der Waals surface area contributed by atoms with Crippen LogP contribution in [0.5, 0.6) is 0 Å². The van der Waals surface area contributed by atoms with E-state index >= 15 is 0 Å². The van der Waals surface area contributed by atoms with Crippen molar-refractivity contribution in [2.24, 2.45) is 0 Å². The number of hydrogen-bond donors (Lipinski definition) is 0. The molecule has 0 heterocycles. The summed E-state index contributed by atoms with van der Waals surface area (Å²) in [6.45, 7) is 2.18. The fourth-order valence-electron chi connectivity index (χ4n) is 9.43. The summed E-state index contributed by atoms with van der Waals surface area (Å²) in [4.78, 5) is 4.87. The van der Waals surface area contributed by atoms with Crippen molar-refractivity contribution in [1.82, 2.24) is 0 Å². The largest absolute Gasteiger partial charge is 0.309 e. The van der Waals surface area contributed by atoms with Crippen LogP contribution in [0.1, 0.15) is 5.56 Å². The Hall–Kier alpha value is -8.46. The zero-order valence-corrected chi connectivity index (χ0v) is 36.2. The van der Waals surface area contributed by atoms with Crippen LogP contribution >= 0.6 is 0 Å². The molecule has 2 nitrogen and oxygen atoms in total. The van der Waals surface area contributed by atoms with E-state index in [1.807, 2.05) is 0 Å². The van der Waals surface area contributed by atoms with E-state index in [2.05, 4.69) is 278 Å². The average molecular weight is 831 g/mol. The first kappa shape index (κ1) is 39.4. The van der Waals surface area contributed by atoms with Crippen LogP contribution in [0, 0.1) is 6.92 Å². The van der Waals surface area contributed by atoms with Gasteiger partial charge in [-0.05, 0) is 99.6 Å². The lowest BCUT2D eigenvalue weighted by molar-refractivity contribution is 1.29. The minimum atomic E-state index is 1.08. The molecule has 0 atom stereocenters. The van der Waals surface area contributed by atoms with E-state index in [9.17, 15) is 0 Å². The fraction of sp³-hybridized carbons (Fsp3) is 0.0159. The van der Waals surface area contributed by atoms with Crippen molar-refractivity contribution in [3.63, 3.8) is 0 Å². The Balaban J connectivity index is 1.10. The van der Waals surface area contributed by atoms with Crippen molar-refractivity contribution in [3.05, 3.63) is 266 Å². The molecule has 0 bridgehead atoms. The molecule has 0 amide bonds. The molecule has 0 unspecified atom stereocenters. The van der Waals surface area contributed by atoms with Crippen molar-refractivity contribution in [2.75, 3.05) is 9.80 Å². The maximum atomic E-state index is 2.45. The second-order valence-corrected chi connectivity index (χ2v) is 16.6. The highest BCUT2D eigenvalue weighted by atomic mass is 15.2. The second-order valence-electron chi connectivity index (χ2n) is 16.6. The molecule has 65 heavy (non-hydrogen) atoms. The normalized spacial score (nSPS) is 11.2. The van der Waals surface area contributed by atoms with Gasteiger partial charge in [-0.25, -0.2) is 0 Å². The third-order valence-electron chi connectivity index (χ3n) is 12.5. The van der Waals surface area contributed by atoms with E-state index in [1.165, 1.54) is 66.1 Å². The van der Waals surface area contributed by atoms with E-state index in [-0.39, 0.29) is 0 Å². The van der Waals surface area contributed by atoms with E-state index in [0.29, 0.717) is 0 Å². The Morgan fingerprint density at radius 3 is 1.17 bits per heavy atom. The molecule has 0 saturated heterocycles. The third kappa shape index (κ3) is 7.62. The summed E-state index contributed by atoms with van der Waals surface area (Å²) in [5.74, 6) is 0. The first-order chi connectivity index (χ1) is 32.2. The quantitative estimate of drug-likeness (QED) is 0.135. The summed E-state index contributed by atoms with van der Waals surface area (Å²) in [7, 11) is 0. The Morgan fingerprint density at radius 2 is 0.646 bits per heavy atom. The van der Waals surface area contributed by atoms with Crippen LogP contribution in [0.3, 0.4) is 0 Å². The molecule has 0 fully saturated rings. The first-order valence-corrected chi connectivity index (χ1v) is 22.3. The van der Waals surface area contributed by atoms with Crippen molar-refractivity contribution in [2.45, 2.75) is 6.92 Å². The Bertz CT molecular complexity index is 3420. The lowest BCUT2D eigenvalue weighted by atomic mass is 9.92. The standard InChI is InChI=1S/C63H46N2/c1-45-19-18-26-51(43-45)61-44-55(65(53-29-12-5-13-30-53)63-58-32-17-15-25-49(58)36-41-60(63)47-22-8-3-9-23-47)39-42-56(61)50-33-37-54(38-34-50)64(52-27-10-4-11-28-52)62-57-31-16-14-24-48(57)35-40-59(62)46-20-6-2-7-21-46/h2-44H,1H3. The number of hydrogen-bond acceptors (Lipinski definition) is 2. The van der Waals surface area contributed by atoms with Crippen LogP contribution in [0.2, 0.25) is 0 Å². The smallest absolute Gasteiger partial charge is 0.0618 e. The molecule has 11 rings (SSSR count). The van der Waals surface area contributed by atoms with Crippen LogP contribution in [-0.2, 0) is 0 Å². The number of anilines is 6. The number of aryl methyl sites for hydroxylation is 1. The van der Waals surface area contributed by atoms with Crippen molar-refractivity contribution < 1.29 is 0 Å². The minimum absolute atomic E-state index is 1.08. The van der Waals surface area contributed by atoms with Gasteiger partial charge < -0.3 is 9.80 Å². The van der Waals surface area contributed by atoms with Crippen molar-refractivity contribution >= 4 is 55.7 Å². The SMILES string of the molecule is Cc1cccc(-c2cc(N(c3ccccc3)c3c(-c4ccccc4)ccc4ccccc34)ccc2-c2ccc(N(c3ccccc3)c3c(-c4ccccc4)ccc4ccccc34)cc2)c1. The maximum Gasteiger partial charge on any atom is 0.0618 e. The van der Waals surface area contributed by atoms with Gasteiger partial charge >= 0.3 is 0 Å². The zero-order valence-electron chi connectivity index (χ0n) is 36.2. The van der Waals surface area contributed by atoms with E-state index in [1.54, 1.807) is 0 Å². The molecule has 0 aliphatic rings. The van der Waals surface area contributed by atoms with Gasteiger partial charge in [0.2, 0.25) is 0 Å². The molecule has 0 aliphatic carbocycles. The molecule has 0 radical (unpaired) electrons. The minimum Gasteiger partial charge on any atom is -0.309 e. The molecule has 308 valence electrons. The molecular formula is C63H46N2. The summed E-state index contributed by atoms with van der Waals surface area (Å²) < 4.78 is 0. The van der Waals surface area contributed by atoms with Gasteiger partial charge in [0, 0.05) is 44.6 Å². The van der Waals surface area contributed by atoms with Gasteiger partial charge in [-0.15, -0.1) is 0 Å². The van der Waals surface area contributed by atoms with Crippen LogP contribution < -0.4 is 9.80 Å². The van der Waals surface area contributed by atoms with Gasteiger partial charge in [-0.2, -0.15) is 0 Å². The molecular weight excluding hydrogens is 785 g/mol. The summed E-state index contributed by atoms with van der Waals surface area (Å²) in [6, 6.07) is 94.6. The van der Waals surface area contributed by atoms with Crippen LogP contribution in [0.25, 0.3) is 66.1 Å². The number of para-hydroxylation sites is 2. The van der Waals surface area contributed by atoms with Crippen LogP contribution in [0.4, 0.5) is 34.1 Å². The Kier molecular flexibility index (Phi) is 10.5. The molecule has 11 aromatic rings.